The van der Waals surface area contributed by atoms with Crippen LogP contribution in [0.15, 0.2) is 24.3 Å². The maximum atomic E-state index is 12.9. The predicted molar refractivity (Wildman–Crippen MR) is 182 cm³/mol. The third-order valence-electron chi connectivity index (χ3n) is 8.33. The quantitative estimate of drug-likeness (QED) is 0.0353. The molecule has 13 nitrogen and oxygen atoms in total. The molecule has 1 amide bonds. The highest BCUT2D eigenvalue weighted by atomic mass is 32.3. The van der Waals surface area contributed by atoms with Crippen LogP contribution in [0.4, 0.5) is 0 Å². The Hall–Kier alpha value is -1.46. The highest BCUT2D eigenvalue weighted by molar-refractivity contribution is 7.80. The Balaban J connectivity index is 2.63. The molecule has 0 aliphatic carbocycles. The number of aliphatic hydroxyl groups excluding tert-OH is 5. The lowest BCUT2D eigenvalue weighted by molar-refractivity contribution is -0.298. The van der Waals surface area contributed by atoms with Gasteiger partial charge in [0.05, 0.1) is 25.4 Å². The molecule has 0 spiro atoms. The van der Waals surface area contributed by atoms with Crippen molar-refractivity contribution in [1.29, 1.82) is 0 Å². The van der Waals surface area contributed by atoms with E-state index in [1.54, 1.807) is 6.08 Å². The molecule has 0 aromatic heterocycles. The number of ether oxygens (including phenoxy) is 2. The van der Waals surface area contributed by atoms with E-state index in [2.05, 4.69) is 35.5 Å². The van der Waals surface area contributed by atoms with Crippen LogP contribution in [-0.4, -0.2) is 107 Å². The average Bonchev–Trinajstić information content (AvgIpc) is 3.04. The maximum Gasteiger partial charge on any atom is 0.397 e. The molecule has 0 radical (unpaired) electrons. The molecular weight excluding hydrogens is 646 g/mol. The molecule has 8 unspecified atom stereocenters. The Bertz CT molecular complexity index is 995. The standard InChI is InChI=1S/C34H63NO12S/c1-3-5-7-9-10-11-12-13-14-15-16-17-19-21-23-28(38)33(41)35-26(27(37)22-20-18-8-6-4-2)25-45-34-31(40)32(47-48(42,43)44)30(39)29(24-36)46-34/h11-12,20,22,26-32,34,36-40H,3-10,13-19,21,23-25H2,1-2H3,(H,35,41)(H,42,43,44)/b12-11-,22-20+. The summed E-state index contributed by atoms with van der Waals surface area (Å²) in [5.74, 6) is -0.718. The first-order valence-electron chi connectivity index (χ1n) is 17.8. The number of rotatable bonds is 28. The first-order chi connectivity index (χ1) is 22.9. The van der Waals surface area contributed by atoms with E-state index in [4.69, 9.17) is 14.0 Å². The lowest BCUT2D eigenvalue weighted by Gasteiger charge is -2.41. The number of amides is 1. The van der Waals surface area contributed by atoms with Crippen molar-refractivity contribution in [3.05, 3.63) is 24.3 Å². The molecular formula is C34H63NO12S. The molecule has 1 fully saturated rings. The van der Waals surface area contributed by atoms with E-state index in [9.17, 15) is 38.7 Å². The first kappa shape index (κ1) is 44.6. The zero-order chi connectivity index (χ0) is 35.8. The van der Waals surface area contributed by atoms with E-state index in [-0.39, 0.29) is 6.42 Å². The molecule has 0 aromatic carbocycles. The van der Waals surface area contributed by atoms with Crippen LogP contribution in [0.25, 0.3) is 0 Å². The minimum Gasteiger partial charge on any atom is -0.394 e. The van der Waals surface area contributed by atoms with Gasteiger partial charge in [0.15, 0.2) is 6.29 Å². The minimum atomic E-state index is -5.10. The Labute approximate surface area is 287 Å². The van der Waals surface area contributed by atoms with Gasteiger partial charge in [-0.15, -0.1) is 0 Å². The third kappa shape index (κ3) is 19.7. The van der Waals surface area contributed by atoms with E-state index >= 15 is 0 Å². The minimum absolute atomic E-state index is 0.234. The van der Waals surface area contributed by atoms with Crippen molar-refractivity contribution < 1.29 is 57.0 Å². The Morgan fingerprint density at radius 2 is 1.38 bits per heavy atom. The average molecular weight is 710 g/mol. The fourth-order valence-electron chi connectivity index (χ4n) is 5.39. The van der Waals surface area contributed by atoms with Crippen molar-refractivity contribution in [3.63, 3.8) is 0 Å². The van der Waals surface area contributed by atoms with Crippen LogP contribution >= 0.6 is 0 Å². The second-order valence-electron chi connectivity index (χ2n) is 12.6. The van der Waals surface area contributed by atoms with Crippen LogP contribution in [-0.2, 0) is 28.9 Å². The fourth-order valence-corrected chi connectivity index (χ4v) is 5.90. The van der Waals surface area contributed by atoms with Crippen LogP contribution in [0.1, 0.15) is 123 Å². The number of allylic oxidation sites excluding steroid dienone is 3. The molecule has 48 heavy (non-hydrogen) atoms. The van der Waals surface area contributed by atoms with E-state index in [0.717, 1.165) is 64.2 Å². The SMILES string of the molecule is CCCCC/C=C/C(O)C(COC1OC(CO)C(O)C(OS(=O)(=O)O)C1O)NC(=O)C(O)CCCCCCCC/C=C\CCCCCC. The molecule has 7 N–H and O–H groups in total. The van der Waals surface area contributed by atoms with Crippen molar-refractivity contribution >= 4 is 16.3 Å². The number of aliphatic hydroxyl groups is 5. The summed E-state index contributed by atoms with van der Waals surface area (Å²) < 4.78 is 46.9. The zero-order valence-electron chi connectivity index (χ0n) is 28.9. The van der Waals surface area contributed by atoms with Gasteiger partial charge in [0, 0.05) is 0 Å². The van der Waals surface area contributed by atoms with Gasteiger partial charge in [-0.05, 0) is 44.9 Å². The molecule has 1 saturated heterocycles. The van der Waals surface area contributed by atoms with Gasteiger partial charge in [0.25, 0.3) is 0 Å². The van der Waals surface area contributed by atoms with Crippen LogP contribution in [0, 0.1) is 0 Å². The van der Waals surface area contributed by atoms with Crippen LogP contribution < -0.4 is 5.32 Å². The number of nitrogens with one attached hydrogen (secondary N) is 1. The highest BCUT2D eigenvalue weighted by Gasteiger charge is 2.48. The van der Waals surface area contributed by atoms with Gasteiger partial charge in [0.2, 0.25) is 5.91 Å². The van der Waals surface area contributed by atoms with Crippen LogP contribution in [0.5, 0.6) is 0 Å². The van der Waals surface area contributed by atoms with Gasteiger partial charge in [-0.1, -0.05) is 102 Å². The summed E-state index contributed by atoms with van der Waals surface area (Å²) in [7, 11) is -5.10. The van der Waals surface area contributed by atoms with E-state index in [1.165, 1.54) is 31.8 Å². The molecule has 0 bridgehead atoms. The second-order valence-corrected chi connectivity index (χ2v) is 13.6. The molecule has 1 heterocycles. The summed E-state index contributed by atoms with van der Waals surface area (Å²) in [6.45, 7) is 3.01. The van der Waals surface area contributed by atoms with Crippen molar-refractivity contribution in [3.8, 4) is 0 Å². The van der Waals surface area contributed by atoms with Gasteiger partial charge in [-0.25, -0.2) is 4.18 Å². The Morgan fingerprint density at radius 1 is 0.833 bits per heavy atom. The molecule has 0 aromatic rings. The normalized spacial score (nSPS) is 23.9. The van der Waals surface area contributed by atoms with E-state index in [1.807, 2.05) is 0 Å². The Morgan fingerprint density at radius 3 is 1.98 bits per heavy atom. The maximum absolute atomic E-state index is 12.9. The fraction of sp³-hybridized carbons (Fsp3) is 0.853. The number of unbranched alkanes of at least 4 members (excludes halogenated alkanes) is 13. The molecule has 1 rings (SSSR count). The van der Waals surface area contributed by atoms with Crippen molar-refractivity contribution in [1.82, 2.24) is 5.32 Å². The zero-order valence-corrected chi connectivity index (χ0v) is 29.7. The largest absolute Gasteiger partial charge is 0.397 e. The summed E-state index contributed by atoms with van der Waals surface area (Å²) in [5, 5.41) is 54.4. The summed E-state index contributed by atoms with van der Waals surface area (Å²) >= 11 is 0. The summed E-state index contributed by atoms with van der Waals surface area (Å²) in [5.41, 5.74) is 0. The third-order valence-corrected chi connectivity index (χ3v) is 8.80. The Kier molecular flexibility index (Phi) is 24.5. The molecule has 8 atom stereocenters. The van der Waals surface area contributed by atoms with Crippen LogP contribution in [0.3, 0.4) is 0 Å². The highest BCUT2D eigenvalue weighted by Crippen LogP contribution is 2.26. The van der Waals surface area contributed by atoms with Crippen LogP contribution in [0.2, 0.25) is 0 Å². The molecule has 14 heteroatoms. The van der Waals surface area contributed by atoms with Gasteiger partial charge >= 0.3 is 10.4 Å². The van der Waals surface area contributed by atoms with Gasteiger partial charge in [0.1, 0.15) is 30.5 Å². The van der Waals surface area contributed by atoms with Crippen molar-refractivity contribution in [2.24, 2.45) is 0 Å². The van der Waals surface area contributed by atoms with E-state index in [0.29, 0.717) is 12.8 Å². The number of hydrogen-bond donors (Lipinski definition) is 7. The molecule has 1 aliphatic heterocycles. The van der Waals surface area contributed by atoms with Crippen molar-refractivity contribution in [2.75, 3.05) is 13.2 Å². The van der Waals surface area contributed by atoms with Crippen molar-refractivity contribution in [2.45, 2.75) is 172 Å². The first-order valence-corrected chi connectivity index (χ1v) is 19.2. The lowest BCUT2D eigenvalue weighted by Crippen LogP contribution is -2.61. The summed E-state index contributed by atoms with van der Waals surface area (Å²) in [6, 6.07) is -1.11. The molecule has 282 valence electrons. The van der Waals surface area contributed by atoms with Gasteiger partial charge in [-0.2, -0.15) is 8.42 Å². The van der Waals surface area contributed by atoms with Gasteiger partial charge in [-0.3, -0.25) is 9.35 Å². The van der Waals surface area contributed by atoms with E-state index < -0.39 is 78.5 Å². The number of hydrogen-bond acceptors (Lipinski definition) is 11. The summed E-state index contributed by atoms with van der Waals surface area (Å²) in [4.78, 5) is 12.9. The predicted octanol–water partition coefficient (Wildman–Crippen LogP) is 3.62. The number of carbonyl (C=O) groups is 1. The second kappa shape index (κ2) is 26.4. The summed E-state index contributed by atoms with van der Waals surface area (Å²) in [6.07, 6.45) is 13.5. The van der Waals surface area contributed by atoms with Gasteiger partial charge < -0.3 is 40.3 Å². The topological polar surface area (TPSA) is 212 Å². The number of carbonyl (C=O) groups excluding carboxylic acids is 1. The molecule has 1 aliphatic rings. The lowest BCUT2D eigenvalue weighted by atomic mass is 9.99. The smallest absolute Gasteiger partial charge is 0.394 e. The molecule has 0 saturated carbocycles. The monoisotopic (exact) mass is 709 g/mol.